The van der Waals surface area contributed by atoms with Crippen molar-refractivity contribution in [1.29, 1.82) is 0 Å². The summed E-state index contributed by atoms with van der Waals surface area (Å²) >= 11 is 5.62. The molecule has 0 aromatic carbocycles. The van der Waals surface area contributed by atoms with Crippen molar-refractivity contribution in [3.63, 3.8) is 0 Å². The first-order valence-corrected chi connectivity index (χ1v) is 3.93. The van der Waals surface area contributed by atoms with E-state index in [0.29, 0.717) is 5.57 Å². The largest absolute Gasteiger partial charge is 0.468 e. The summed E-state index contributed by atoms with van der Waals surface area (Å²) in [6, 6.07) is -0.909. The molecule has 13 heavy (non-hydrogen) atoms. The van der Waals surface area contributed by atoms with E-state index in [0.717, 1.165) is 0 Å². The molecule has 0 fully saturated rings. The predicted octanol–water partition coefficient (Wildman–Crippen LogP) is 1.35. The summed E-state index contributed by atoms with van der Waals surface area (Å²) in [5.74, 6) is -0.560. The molecule has 72 valence electrons. The molecule has 0 saturated carbocycles. The van der Waals surface area contributed by atoms with Crippen LogP contribution in [0.4, 0.5) is 0 Å². The lowest BCUT2D eigenvalue weighted by Gasteiger charge is -2.11. The molecule has 4 heteroatoms. The van der Waals surface area contributed by atoms with Crippen LogP contribution in [0.2, 0.25) is 0 Å². The summed E-state index contributed by atoms with van der Waals surface area (Å²) in [6.45, 7) is 6.94. The highest BCUT2D eigenvalue weighted by Crippen LogP contribution is 2.16. The molecule has 0 spiro atoms. The van der Waals surface area contributed by atoms with E-state index in [2.05, 4.69) is 17.9 Å². The van der Waals surface area contributed by atoms with E-state index in [1.807, 2.05) is 0 Å². The molecule has 1 atom stereocenters. The van der Waals surface area contributed by atoms with Crippen molar-refractivity contribution in [2.75, 3.05) is 7.11 Å². The number of methoxy groups -OCH3 is 1. The van der Waals surface area contributed by atoms with Crippen LogP contribution in [0.5, 0.6) is 0 Å². The first-order chi connectivity index (χ1) is 6.04. The Morgan fingerprint density at radius 1 is 1.69 bits per heavy atom. The van der Waals surface area contributed by atoms with E-state index in [1.165, 1.54) is 19.3 Å². The molecule has 0 bridgehead atoms. The molecular formula is C9H12ClNO2. The highest BCUT2D eigenvalue weighted by molar-refractivity contribution is 6.32. The third-order valence-corrected chi connectivity index (χ3v) is 1.62. The Bertz CT molecular complexity index is 258. The topological polar surface area (TPSA) is 52.3 Å². The fourth-order valence-electron chi connectivity index (χ4n) is 0.744. The van der Waals surface area contributed by atoms with Crippen LogP contribution >= 0.6 is 11.6 Å². The highest BCUT2D eigenvalue weighted by atomic mass is 35.5. The Kier molecular flexibility index (Phi) is 5.11. The smallest absolute Gasteiger partial charge is 0.327 e. The zero-order valence-electron chi connectivity index (χ0n) is 7.42. The standard InChI is InChI=1S/C9H12ClNO2/c1-4-5-7(6(2)10)8(11)9(12)13-3/h4-5,8H,1-2,11H2,3H3/b7-5+/t8-/m0/s1. The van der Waals surface area contributed by atoms with E-state index in [9.17, 15) is 4.79 Å². The second kappa shape index (κ2) is 5.56. The molecule has 3 nitrogen and oxygen atoms in total. The fourth-order valence-corrected chi connectivity index (χ4v) is 0.924. The molecule has 2 N–H and O–H groups in total. The molecular weight excluding hydrogens is 190 g/mol. The summed E-state index contributed by atoms with van der Waals surface area (Å²) < 4.78 is 4.45. The van der Waals surface area contributed by atoms with Crippen LogP contribution in [0, 0.1) is 0 Å². The first-order valence-electron chi connectivity index (χ1n) is 3.55. The third-order valence-electron chi connectivity index (χ3n) is 1.40. The second-order valence-electron chi connectivity index (χ2n) is 2.26. The average molecular weight is 202 g/mol. The van der Waals surface area contributed by atoms with Crippen LogP contribution in [-0.2, 0) is 9.53 Å². The van der Waals surface area contributed by atoms with Crippen LogP contribution in [0.1, 0.15) is 0 Å². The number of carbonyl (C=O) groups is 1. The van der Waals surface area contributed by atoms with E-state index < -0.39 is 12.0 Å². The van der Waals surface area contributed by atoms with Gasteiger partial charge in [0.15, 0.2) is 0 Å². The summed E-state index contributed by atoms with van der Waals surface area (Å²) in [7, 11) is 1.25. The van der Waals surface area contributed by atoms with E-state index in [1.54, 1.807) is 0 Å². The predicted molar refractivity (Wildman–Crippen MR) is 53.3 cm³/mol. The van der Waals surface area contributed by atoms with Crippen LogP contribution in [0.3, 0.4) is 0 Å². The number of esters is 1. The molecule has 0 aromatic heterocycles. The zero-order chi connectivity index (χ0) is 10.4. The lowest BCUT2D eigenvalue weighted by atomic mass is 10.1. The number of nitrogens with two attached hydrogens (primary N) is 1. The van der Waals surface area contributed by atoms with Gasteiger partial charge in [-0.1, -0.05) is 36.9 Å². The molecule has 0 aliphatic carbocycles. The summed E-state index contributed by atoms with van der Waals surface area (Å²) in [6.07, 6.45) is 3.00. The maximum atomic E-state index is 11.0. The minimum absolute atomic E-state index is 0.206. The second-order valence-corrected chi connectivity index (χ2v) is 2.72. The van der Waals surface area contributed by atoms with Gasteiger partial charge in [0.05, 0.1) is 7.11 Å². The number of halogens is 1. The van der Waals surface area contributed by atoms with Crippen molar-refractivity contribution in [1.82, 2.24) is 0 Å². The van der Waals surface area contributed by atoms with Gasteiger partial charge >= 0.3 is 5.97 Å². The van der Waals surface area contributed by atoms with Crippen molar-refractivity contribution < 1.29 is 9.53 Å². The van der Waals surface area contributed by atoms with Gasteiger partial charge in [-0.05, 0) is 5.57 Å². The molecule has 0 aliphatic rings. The molecule has 0 amide bonds. The van der Waals surface area contributed by atoms with Gasteiger partial charge < -0.3 is 10.5 Å². The summed E-state index contributed by atoms with van der Waals surface area (Å²) in [5.41, 5.74) is 5.93. The van der Waals surface area contributed by atoms with Gasteiger partial charge in [0.1, 0.15) is 6.04 Å². The van der Waals surface area contributed by atoms with Gasteiger partial charge in [-0.15, -0.1) is 0 Å². The number of hydrogen-bond donors (Lipinski definition) is 1. The molecule has 0 rings (SSSR count). The lowest BCUT2D eigenvalue weighted by Crippen LogP contribution is -2.33. The zero-order valence-corrected chi connectivity index (χ0v) is 8.17. The molecule has 0 unspecified atom stereocenters. The average Bonchev–Trinajstić information content (AvgIpc) is 2.11. The molecule has 0 aromatic rings. The van der Waals surface area contributed by atoms with Gasteiger partial charge in [-0.2, -0.15) is 0 Å². The van der Waals surface area contributed by atoms with Gasteiger partial charge in [-0.3, -0.25) is 4.79 Å². The van der Waals surface area contributed by atoms with Crippen molar-refractivity contribution in [3.05, 3.63) is 35.9 Å². The highest BCUT2D eigenvalue weighted by Gasteiger charge is 2.19. The summed E-state index contributed by atoms with van der Waals surface area (Å²) in [4.78, 5) is 11.0. The Labute approximate surface area is 82.5 Å². The normalized spacial score (nSPS) is 13.3. The van der Waals surface area contributed by atoms with E-state index >= 15 is 0 Å². The van der Waals surface area contributed by atoms with Gasteiger partial charge in [0, 0.05) is 5.03 Å². The Balaban J connectivity index is 4.76. The molecule has 0 heterocycles. The Morgan fingerprint density at radius 3 is 2.54 bits per heavy atom. The number of ether oxygens (including phenoxy) is 1. The number of allylic oxidation sites excluding steroid dienone is 2. The molecule has 0 radical (unpaired) electrons. The van der Waals surface area contributed by atoms with Crippen LogP contribution in [-0.4, -0.2) is 19.1 Å². The van der Waals surface area contributed by atoms with Crippen molar-refractivity contribution in [2.45, 2.75) is 6.04 Å². The molecule has 0 aliphatic heterocycles. The third kappa shape index (κ3) is 3.44. The summed E-state index contributed by atoms with van der Waals surface area (Å²) in [5, 5.41) is 0.206. The minimum atomic E-state index is -0.909. The van der Waals surface area contributed by atoms with Crippen LogP contribution in [0.15, 0.2) is 35.9 Å². The Hall–Kier alpha value is -1.06. The number of rotatable bonds is 4. The minimum Gasteiger partial charge on any atom is -0.468 e. The maximum absolute atomic E-state index is 11.0. The van der Waals surface area contributed by atoms with E-state index in [4.69, 9.17) is 17.3 Å². The van der Waals surface area contributed by atoms with Crippen molar-refractivity contribution in [3.8, 4) is 0 Å². The number of hydrogen-bond acceptors (Lipinski definition) is 3. The quantitative estimate of drug-likeness (QED) is 0.552. The van der Waals surface area contributed by atoms with Crippen LogP contribution in [0.25, 0.3) is 0 Å². The van der Waals surface area contributed by atoms with Crippen molar-refractivity contribution in [2.24, 2.45) is 5.73 Å². The fraction of sp³-hybridized carbons (Fsp3) is 0.222. The Morgan fingerprint density at radius 2 is 2.23 bits per heavy atom. The van der Waals surface area contributed by atoms with Gasteiger partial charge in [0.25, 0.3) is 0 Å². The van der Waals surface area contributed by atoms with E-state index in [-0.39, 0.29) is 5.03 Å². The first kappa shape index (κ1) is 11.9. The maximum Gasteiger partial charge on any atom is 0.327 e. The van der Waals surface area contributed by atoms with Gasteiger partial charge in [-0.25, -0.2) is 0 Å². The number of carbonyl (C=O) groups excluding carboxylic acids is 1. The SMILES string of the molecule is C=C/C=C(\C(=C)Cl)[C@H](N)C(=O)OC. The van der Waals surface area contributed by atoms with Crippen LogP contribution < -0.4 is 5.73 Å². The lowest BCUT2D eigenvalue weighted by molar-refractivity contribution is -0.141. The van der Waals surface area contributed by atoms with Gasteiger partial charge in [0.2, 0.25) is 0 Å². The van der Waals surface area contributed by atoms with Crippen molar-refractivity contribution >= 4 is 17.6 Å². The molecule has 0 saturated heterocycles. The monoisotopic (exact) mass is 201 g/mol.